The molecule has 0 aliphatic heterocycles. The van der Waals surface area contributed by atoms with Gasteiger partial charge in [0.1, 0.15) is 5.69 Å². The van der Waals surface area contributed by atoms with E-state index in [4.69, 9.17) is 5.73 Å². The van der Waals surface area contributed by atoms with Gasteiger partial charge in [-0.25, -0.2) is 0 Å². The lowest BCUT2D eigenvalue weighted by atomic mass is 10.0. The second-order valence-corrected chi connectivity index (χ2v) is 4.59. The third kappa shape index (κ3) is 3.69. The maximum absolute atomic E-state index is 13.5. The van der Waals surface area contributed by atoms with Crippen molar-refractivity contribution in [2.75, 3.05) is 5.32 Å². The van der Waals surface area contributed by atoms with Gasteiger partial charge in [-0.1, -0.05) is 13.8 Å². The quantitative estimate of drug-likeness (QED) is 0.624. The van der Waals surface area contributed by atoms with Crippen molar-refractivity contribution in [2.45, 2.75) is 19.9 Å². The van der Waals surface area contributed by atoms with E-state index in [2.05, 4.69) is 5.32 Å². The van der Waals surface area contributed by atoms with Crippen LogP contribution in [0.3, 0.4) is 0 Å². The number of anilines is 1. The molecule has 1 atom stereocenters. The van der Waals surface area contributed by atoms with E-state index in [-0.39, 0.29) is 5.92 Å². The van der Waals surface area contributed by atoms with E-state index in [0.717, 1.165) is 0 Å². The molecule has 0 aliphatic rings. The van der Waals surface area contributed by atoms with Crippen molar-refractivity contribution < 1.29 is 19.0 Å². The molecule has 0 unspecified atom stereocenters. The van der Waals surface area contributed by atoms with Gasteiger partial charge in [0.15, 0.2) is 0 Å². The summed E-state index contributed by atoms with van der Waals surface area (Å²) >= 11 is 0. The number of nitrogens with two attached hydrogens (primary N) is 1. The summed E-state index contributed by atoms with van der Waals surface area (Å²) in [6, 6.07) is 0.0235. The Balaban J connectivity index is 3.24. The first-order chi connectivity index (χ1) is 9.65. The number of amides is 1. The Kier molecular flexibility index (Phi) is 4.87. The average molecular weight is 300 g/mol. The molecule has 0 aromatic heterocycles. The van der Waals surface area contributed by atoms with Crippen LogP contribution < -0.4 is 11.1 Å². The number of hydrogen-bond donors (Lipinski definition) is 2. The van der Waals surface area contributed by atoms with E-state index in [1.807, 2.05) is 0 Å². The van der Waals surface area contributed by atoms with Crippen LogP contribution in [0.1, 0.15) is 13.8 Å². The Morgan fingerprint density at radius 2 is 1.76 bits per heavy atom. The minimum absolute atomic E-state index is 0.244. The van der Waals surface area contributed by atoms with Crippen molar-refractivity contribution in [1.82, 2.24) is 0 Å². The highest BCUT2D eigenvalue weighted by Gasteiger charge is 2.27. The molecule has 1 amide bonds. The van der Waals surface area contributed by atoms with Gasteiger partial charge in [0.2, 0.25) is 11.7 Å². The summed E-state index contributed by atoms with van der Waals surface area (Å²) in [6.07, 6.45) is 0. The van der Waals surface area contributed by atoms with Crippen molar-refractivity contribution in [3.8, 4) is 0 Å². The summed E-state index contributed by atoms with van der Waals surface area (Å²) in [4.78, 5) is 31.1. The molecule has 0 fully saturated rings. The molecule has 21 heavy (non-hydrogen) atoms. The van der Waals surface area contributed by atoms with Crippen LogP contribution in [0.2, 0.25) is 0 Å². The Hall–Kier alpha value is -2.62. The fourth-order valence-corrected chi connectivity index (χ4v) is 1.46. The Bertz CT molecular complexity index is 605. The summed E-state index contributed by atoms with van der Waals surface area (Å²) in [5, 5.41) is 23.5. The molecular formula is C11H13FN4O5. The Labute approximate surface area is 118 Å². The first kappa shape index (κ1) is 16.4. The number of nitro groups is 2. The largest absolute Gasteiger partial charge is 0.320 e. The number of nitro benzene ring substituents is 2. The summed E-state index contributed by atoms with van der Waals surface area (Å²) in [7, 11) is 0. The van der Waals surface area contributed by atoms with Crippen LogP contribution in [0.5, 0.6) is 0 Å². The van der Waals surface area contributed by atoms with Gasteiger partial charge in [0, 0.05) is 6.07 Å². The highest BCUT2D eigenvalue weighted by atomic mass is 19.1. The second kappa shape index (κ2) is 6.22. The monoisotopic (exact) mass is 300 g/mol. The normalized spacial score (nSPS) is 12.0. The summed E-state index contributed by atoms with van der Waals surface area (Å²) < 4.78 is 13.5. The van der Waals surface area contributed by atoms with E-state index in [1.54, 1.807) is 13.8 Å². The number of halogens is 1. The predicted octanol–water partition coefficient (Wildman–Crippen LogP) is 1.56. The van der Waals surface area contributed by atoms with Crippen LogP contribution in [0.15, 0.2) is 12.1 Å². The van der Waals surface area contributed by atoms with Crippen LogP contribution in [0.4, 0.5) is 21.5 Å². The molecule has 0 bridgehead atoms. The molecule has 0 spiro atoms. The fourth-order valence-electron chi connectivity index (χ4n) is 1.46. The second-order valence-electron chi connectivity index (χ2n) is 4.59. The van der Waals surface area contributed by atoms with Gasteiger partial charge in [-0.2, -0.15) is 4.39 Å². The molecule has 9 nitrogen and oxygen atoms in total. The maximum Gasteiger partial charge on any atom is 0.311 e. The van der Waals surface area contributed by atoms with Gasteiger partial charge in [0.25, 0.3) is 5.69 Å². The zero-order valence-corrected chi connectivity index (χ0v) is 11.2. The number of nitrogens with zero attached hydrogens (tertiary/aromatic N) is 2. The summed E-state index contributed by atoms with van der Waals surface area (Å²) in [5.74, 6) is -2.28. The van der Waals surface area contributed by atoms with Gasteiger partial charge in [-0.3, -0.25) is 25.0 Å². The summed E-state index contributed by atoms with van der Waals surface area (Å²) in [5.41, 5.74) is 3.25. The van der Waals surface area contributed by atoms with Gasteiger partial charge in [-0.15, -0.1) is 0 Å². The minimum atomic E-state index is -1.29. The number of rotatable bonds is 5. The van der Waals surface area contributed by atoms with Crippen molar-refractivity contribution in [3.05, 3.63) is 38.2 Å². The lowest BCUT2D eigenvalue weighted by Crippen LogP contribution is -2.39. The van der Waals surface area contributed by atoms with Crippen LogP contribution in [-0.2, 0) is 4.79 Å². The lowest BCUT2D eigenvalue weighted by molar-refractivity contribution is -0.395. The molecule has 0 heterocycles. The van der Waals surface area contributed by atoms with Crippen molar-refractivity contribution in [3.63, 3.8) is 0 Å². The molecule has 0 radical (unpaired) electrons. The average Bonchev–Trinajstić information content (AvgIpc) is 2.36. The minimum Gasteiger partial charge on any atom is -0.320 e. The molecule has 1 rings (SSSR count). The number of carbonyl (C=O) groups excluding carboxylic acids is 1. The zero-order chi connectivity index (χ0) is 16.3. The molecule has 0 aliphatic carbocycles. The predicted molar refractivity (Wildman–Crippen MR) is 71.2 cm³/mol. The molecule has 10 heteroatoms. The number of benzene rings is 1. The van der Waals surface area contributed by atoms with Gasteiger partial charge in [-0.05, 0) is 5.92 Å². The molecule has 1 aromatic rings. The van der Waals surface area contributed by atoms with E-state index in [1.165, 1.54) is 0 Å². The number of carbonyl (C=O) groups is 1. The SMILES string of the molecule is CC(C)[C@H](N)C(=O)Nc1cc(F)c([N+](=O)[O-])cc1[N+](=O)[O-]. The van der Waals surface area contributed by atoms with Crippen LogP contribution >= 0.6 is 0 Å². The molecule has 1 aromatic carbocycles. The van der Waals surface area contributed by atoms with Crippen LogP contribution in [0, 0.1) is 32.0 Å². The highest BCUT2D eigenvalue weighted by Crippen LogP contribution is 2.31. The number of hydrogen-bond acceptors (Lipinski definition) is 6. The summed E-state index contributed by atoms with van der Waals surface area (Å²) in [6.45, 7) is 3.32. The van der Waals surface area contributed by atoms with Crippen LogP contribution in [-0.4, -0.2) is 21.8 Å². The Morgan fingerprint density at radius 1 is 1.24 bits per heavy atom. The zero-order valence-electron chi connectivity index (χ0n) is 11.2. The first-order valence-corrected chi connectivity index (χ1v) is 5.84. The topological polar surface area (TPSA) is 141 Å². The number of nitrogens with one attached hydrogen (secondary N) is 1. The van der Waals surface area contributed by atoms with Crippen molar-refractivity contribution >= 4 is 23.0 Å². The van der Waals surface area contributed by atoms with Crippen molar-refractivity contribution in [1.29, 1.82) is 0 Å². The lowest BCUT2D eigenvalue weighted by Gasteiger charge is -2.15. The molecule has 3 N–H and O–H groups in total. The molecular weight excluding hydrogens is 287 g/mol. The van der Waals surface area contributed by atoms with Gasteiger partial charge in [0.05, 0.1) is 22.0 Å². The maximum atomic E-state index is 13.5. The third-order valence-corrected chi connectivity index (χ3v) is 2.74. The molecule has 0 saturated carbocycles. The van der Waals surface area contributed by atoms with Crippen LogP contribution in [0.25, 0.3) is 0 Å². The molecule has 114 valence electrons. The standard InChI is InChI=1S/C11H13FN4O5/c1-5(2)10(13)11(17)14-7-3-6(12)8(15(18)19)4-9(7)16(20)21/h3-5,10H,13H2,1-2H3,(H,14,17)/t10-/m0/s1. The van der Waals surface area contributed by atoms with E-state index in [9.17, 15) is 29.4 Å². The van der Waals surface area contributed by atoms with Crippen molar-refractivity contribution in [2.24, 2.45) is 11.7 Å². The van der Waals surface area contributed by atoms with Gasteiger partial charge < -0.3 is 11.1 Å². The fraction of sp³-hybridized carbons (Fsp3) is 0.364. The smallest absolute Gasteiger partial charge is 0.311 e. The highest BCUT2D eigenvalue weighted by molar-refractivity contribution is 5.97. The Morgan fingerprint density at radius 3 is 2.19 bits per heavy atom. The van der Waals surface area contributed by atoms with E-state index in [0.29, 0.717) is 12.1 Å². The van der Waals surface area contributed by atoms with E-state index < -0.39 is 44.7 Å². The third-order valence-electron chi connectivity index (χ3n) is 2.74. The van der Waals surface area contributed by atoms with Gasteiger partial charge >= 0.3 is 5.69 Å². The van der Waals surface area contributed by atoms with E-state index >= 15 is 0 Å². The molecule has 0 saturated heterocycles. The first-order valence-electron chi connectivity index (χ1n) is 5.84.